The van der Waals surface area contributed by atoms with Gasteiger partial charge >= 0.3 is 0 Å². The van der Waals surface area contributed by atoms with Crippen molar-refractivity contribution in [1.82, 2.24) is 0 Å². The number of thioether (sulfide) groups is 1. The molecule has 0 heterocycles. The van der Waals surface area contributed by atoms with Crippen LogP contribution in [-0.2, 0) is 0 Å². The molecule has 100 valence electrons. The Balaban J connectivity index is 3.03. The Morgan fingerprint density at radius 1 is 0.647 bits per heavy atom. The zero-order chi connectivity index (χ0) is 12.6. The van der Waals surface area contributed by atoms with Crippen molar-refractivity contribution in [3.8, 4) is 0 Å². The fourth-order valence-electron chi connectivity index (χ4n) is 1.51. The monoisotopic (exact) mass is 254 g/mol. The van der Waals surface area contributed by atoms with Crippen LogP contribution in [0, 0.1) is 0 Å². The van der Waals surface area contributed by atoms with Gasteiger partial charge in [0, 0.05) is 0 Å². The summed E-state index contributed by atoms with van der Waals surface area (Å²) in [6.45, 7) is 4.46. The zero-order valence-corrected chi connectivity index (χ0v) is 12.6. The number of rotatable bonds is 12. The smallest absolute Gasteiger partial charge is 0.00646 e. The fraction of sp³-hybridized carbons (Fsp3) is 0.750. The number of unbranched alkanes of at least 4 members (excludes halogenated alkanes) is 4. The second kappa shape index (κ2) is 15.8. The molecule has 0 aromatic carbocycles. The molecule has 0 aromatic heterocycles. The first kappa shape index (κ1) is 16.8. The van der Waals surface area contributed by atoms with E-state index in [1.165, 1.54) is 62.9 Å². The van der Waals surface area contributed by atoms with Crippen molar-refractivity contribution in [3.63, 3.8) is 0 Å². The van der Waals surface area contributed by atoms with E-state index in [0.717, 1.165) is 0 Å². The average Bonchev–Trinajstić information content (AvgIpc) is 2.35. The molecule has 0 spiro atoms. The summed E-state index contributed by atoms with van der Waals surface area (Å²) in [5, 5.41) is 0. The van der Waals surface area contributed by atoms with Crippen molar-refractivity contribution >= 4 is 11.8 Å². The van der Waals surface area contributed by atoms with E-state index in [9.17, 15) is 0 Å². The molecule has 0 aliphatic rings. The minimum atomic E-state index is 1.25. The topological polar surface area (TPSA) is 0 Å². The van der Waals surface area contributed by atoms with Gasteiger partial charge in [-0.25, -0.2) is 0 Å². The van der Waals surface area contributed by atoms with E-state index in [4.69, 9.17) is 0 Å². The highest BCUT2D eigenvalue weighted by molar-refractivity contribution is 7.99. The molecule has 0 aliphatic carbocycles. The second-order valence-electron chi connectivity index (χ2n) is 4.42. The summed E-state index contributed by atoms with van der Waals surface area (Å²) in [4.78, 5) is 0. The van der Waals surface area contributed by atoms with Crippen molar-refractivity contribution in [2.24, 2.45) is 0 Å². The van der Waals surface area contributed by atoms with E-state index in [1.54, 1.807) is 0 Å². The number of hydrogen-bond donors (Lipinski definition) is 0. The molecule has 0 saturated carbocycles. The highest BCUT2D eigenvalue weighted by Gasteiger charge is 1.88. The molecule has 0 rings (SSSR count). The molecule has 0 nitrogen and oxygen atoms in total. The molecular formula is C16H30S. The van der Waals surface area contributed by atoms with Gasteiger partial charge in [0.25, 0.3) is 0 Å². The Hall–Kier alpha value is -0.170. The average molecular weight is 254 g/mol. The zero-order valence-electron chi connectivity index (χ0n) is 11.8. The van der Waals surface area contributed by atoms with Gasteiger partial charge in [-0.15, -0.1) is 0 Å². The molecule has 0 radical (unpaired) electrons. The maximum atomic E-state index is 2.34. The number of allylic oxidation sites excluding steroid dienone is 4. The van der Waals surface area contributed by atoms with Crippen LogP contribution >= 0.6 is 11.8 Å². The van der Waals surface area contributed by atoms with E-state index in [1.807, 2.05) is 0 Å². The minimum Gasteiger partial charge on any atom is -0.162 e. The standard InChI is InChI=1S/C16H30S/c1-3-5-7-9-11-13-15-17-16-14-12-10-8-6-4-2/h7-10H,3-6,11-16H2,1-2H3/b9-7+,10-8+. The quantitative estimate of drug-likeness (QED) is 0.304. The van der Waals surface area contributed by atoms with Crippen LogP contribution in [-0.4, -0.2) is 11.5 Å². The summed E-state index contributed by atoms with van der Waals surface area (Å²) in [6.07, 6.45) is 19.6. The Morgan fingerprint density at radius 2 is 1.06 bits per heavy atom. The lowest BCUT2D eigenvalue weighted by Gasteiger charge is -1.98. The van der Waals surface area contributed by atoms with Crippen LogP contribution in [0.3, 0.4) is 0 Å². The molecule has 0 N–H and O–H groups in total. The lowest BCUT2D eigenvalue weighted by Crippen LogP contribution is -1.83. The van der Waals surface area contributed by atoms with Gasteiger partial charge in [0.15, 0.2) is 0 Å². The first-order chi connectivity index (χ1) is 8.41. The molecule has 1 heteroatoms. The highest BCUT2D eigenvalue weighted by atomic mass is 32.2. The molecule has 0 fully saturated rings. The van der Waals surface area contributed by atoms with Crippen molar-refractivity contribution in [3.05, 3.63) is 24.3 Å². The van der Waals surface area contributed by atoms with Crippen molar-refractivity contribution in [1.29, 1.82) is 0 Å². The molecule has 0 atom stereocenters. The van der Waals surface area contributed by atoms with Crippen LogP contribution in [0.2, 0.25) is 0 Å². The molecule has 0 amide bonds. The first-order valence-corrected chi connectivity index (χ1v) is 8.45. The van der Waals surface area contributed by atoms with E-state index >= 15 is 0 Å². The third-order valence-electron chi connectivity index (χ3n) is 2.56. The normalized spacial score (nSPS) is 11.9. The van der Waals surface area contributed by atoms with Crippen LogP contribution < -0.4 is 0 Å². The number of hydrogen-bond acceptors (Lipinski definition) is 1. The molecule has 0 unspecified atom stereocenters. The van der Waals surface area contributed by atoms with Crippen LogP contribution in [0.1, 0.15) is 65.2 Å². The van der Waals surface area contributed by atoms with Gasteiger partial charge in [-0.05, 0) is 50.0 Å². The summed E-state index contributed by atoms with van der Waals surface area (Å²) in [5.74, 6) is 2.66. The maximum absolute atomic E-state index is 2.34. The van der Waals surface area contributed by atoms with E-state index in [0.29, 0.717) is 0 Å². The van der Waals surface area contributed by atoms with Crippen molar-refractivity contribution < 1.29 is 0 Å². The molecule has 0 saturated heterocycles. The second-order valence-corrected chi connectivity index (χ2v) is 5.64. The molecule has 0 aliphatic heterocycles. The summed E-state index contributed by atoms with van der Waals surface area (Å²) in [7, 11) is 0. The Kier molecular flexibility index (Phi) is 15.7. The summed E-state index contributed by atoms with van der Waals surface area (Å²) in [6, 6.07) is 0. The SMILES string of the molecule is CCC/C=C/CCCSCCC/C=C/CCC. The van der Waals surface area contributed by atoms with Crippen molar-refractivity contribution in [2.75, 3.05) is 11.5 Å². The Bertz CT molecular complexity index is 162. The predicted octanol–water partition coefficient (Wildman–Crippen LogP) is 5.99. The van der Waals surface area contributed by atoms with Gasteiger partial charge in [-0.2, -0.15) is 11.8 Å². The third-order valence-corrected chi connectivity index (χ3v) is 3.72. The fourth-order valence-corrected chi connectivity index (χ4v) is 2.46. The van der Waals surface area contributed by atoms with Gasteiger partial charge in [0.1, 0.15) is 0 Å². The third kappa shape index (κ3) is 15.8. The van der Waals surface area contributed by atoms with E-state index in [-0.39, 0.29) is 0 Å². The van der Waals surface area contributed by atoms with Crippen LogP contribution in [0.25, 0.3) is 0 Å². The molecule has 0 bridgehead atoms. The molecule has 17 heavy (non-hydrogen) atoms. The van der Waals surface area contributed by atoms with E-state index in [2.05, 4.69) is 49.9 Å². The maximum Gasteiger partial charge on any atom is -0.00646 e. The first-order valence-electron chi connectivity index (χ1n) is 7.29. The molecular weight excluding hydrogens is 224 g/mol. The van der Waals surface area contributed by atoms with Crippen LogP contribution in [0.5, 0.6) is 0 Å². The van der Waals surface area contributed by atoms with Gasteiger partial charge in [-0.1, -0.05) is 51.0 Å². The Labute approximate surface area is 113 Å². The van der Waals surface area contributed by atoms with Gasteiger partial charge in [-0.3, -0.25) is 0 Å². The highest BCUT2D eigenvalue weighted by Crippen LogP contribution is 2.09. The Morgan fingerprint density at radius 3 is 1.47 bits per heavy atom. The summed E-state index contributed by atoms with van der Waals surface area (Å²) >= 11 is 2.11. The van der Waals surface area contributed by atoms with Gasteiger partial charge in [0.2, 0.25) is 0 Å². The molecule has 0 aromatic rings. The predicted molar refractivity (Wildman–Crippen MR) is 83.9 cm³/mol. The van der Waals surface area contributed by atoms with Crippen molar-refractivity contribution in [2.45, 2.75) is 65.2 Å². The summed E-state index contributed by atoms with van der Waals surface area (Å²) in [5.41, 5.74) is 0. The van der Waals surface area contributed by atoms with Crippen LogP contribution in [0.15, 0.2) is 24.3 Å². The lowest BCUT2D eigenvalue weighted by molar-refractivity contribution is 0.917. The van der Waals surface area contributed by atoms with Gasteiger partial charge < -0.3 is 0 Å². The minimum absolute atomic E-state index is 1.25. The lowest BCUT2D eigenvalue weighted by atomic mass is 10.2. The van der Waals surface area contributed by atoms with Crippen LogP contribution in [0.4, 0.5) is 0 Å². The van der Waals surface area contributed by atoms with Gasteiger partial charge in [0.05, 0.1) is 0 Å². The largest absolute Gasteiger partial charge is 0.162 e. The summed E-state index contributed by atoms with van der Waals surface area (Å²) < 4.78 is 0. The van der Waals surface area contributed by atoms with E-state index < -0.39 is 0 Å².